The van der Waals surface area contributed by atoms with Crippen molar-refractivity contribution < 1.29 is 19.8 Å². The number of amides is 2. The molecule has 27 heavy (non-hydrogen) atoms. The first-order chi connectivity index (χ1) is 13.0. The van der Waals surface area contributed by atoms with Crippen molar-refractivity contribution in [3.05, 3.63) is 48.6 Å². The lowest BCUT2D eigenvalue weighted by Gasteiger charge is -2.21. The molecular formula is C20H30N2O4S. The Bertz CT molecular complexity index is 583. The van der Waals surface area contributed by atoms with E-state index in [2.05, 4.69) is 17.2 Å². The van der Waals surface area contributed by atoms with Crippen LogP contribution in [0.3, 0.4) is 0 Å². The Balaban J connectivity index is 2.50. The zero-order valence-corrected chi connectivity index (χ0v) is 16.6. The Kier molecular flexibility index (Phi) is 11.5. The van der Waals surface area contributed by atoms with Gasteiger partial charge in [0.05, 0.1) is 25.2 Å². The lowest BCUT2D eigenvalue weighted by Crippen LogP contribution is -2.44. The summed E-state index contributed by atoms with van der Waals surface area (Å²) in [4.78, 5) is 24.5. The Morgan fingerprint density at radius 1 is 1.19 bits per heavy atom. The van der Waals surface area contributed by atoms with E-state index in [9.17, 15) is 14.7 Å². The molecule has 0 bridgehead atoms. The number of rotatable bonds is 13. The maximum Gasteiger partial charge on any atom is 0.224 e. The van der Waals surface area contributed by atoms with E-state index in [1.165, 1.54) is 5.56 Å². The third kappa shape index (κ3) is 9.60. The van der Waals surface area contributed by atoms with Gasteiger partial charge in [-0.3, -0.25) is 9.59 Å². The van der Waals surface area contributed by atoms with Crippen molar-refractivity contribution in [1.29, 1.82) is 0 Å². The van der Waals surface area contributed by atoms with Crippen LogP contribution in [0.1, 0.15) is 25.3 Å². The van der Waals surface area contributed by atoms with Crippen LogP contribution in [0, 0.1) is 5.92 Å². The number of aliphatic hydroxyl groups is 2. The molecule has 0 fully saturated rings. The van der Waals surface area contributed by atoms with Gasteiger partial charge in [-0.25, -0.2) is 0 Å². The van der Waals surface area contributed by atoms with Crippen molar-refractivity contribution in [3.8, 4) is 0 Å². The first-order valence-electron chi connectivity index (χ1n) is 9.04. The first kappa shape index (κ1) is 23.2. The largest absolute Gasteiger partial charge is 0.394 e. The quantitative estimate of drug-likeness (QED) is 0.380. The topological polar surface area (TPSA) is 98.7 Å². The second kappa shape index (κ2) is 13.4. The van der Waals surface area contributed by atoms with Gasteiger partial charge >= 0.3 is 0 Å². The van der Waals surface area contributed by atoms with Crippen LogP contribution < -0.4 is 10.6 Å². The van der Waals surface area contributed by atoms with E-state index < -0.39 is 5.92 Å². The number of nitrogens with one attached hydrogen (secondary N) is 2. The van der Waals surface area contributed by atoms with Gasteiger partial charge in [-0.15, -0.1) is 6.58 Å². The predicted molar refractivity (Wildman–Crippen MR) is 109 cm³/mol. The van der Waals surface area contributed by atoms with Crippen molar-refractivity contribution in [2.75, 3.05) is 19.0 Å². The predicted octanol–water partition coefficient (Wildman–Crippen LogP) is 1.48. The fourth-order valence-electron chi connectivity index (χ4n) is 2.44. The maximum absolute atomic E-state index is 12.5. The number of benzene rings is 1. The maximum atomic E-state index is 12.5. The fourth-order valence-corrected chi connectivity index (χ4v) is 3.46. The summed E-state index contributed by atoms with van der Waals surface area (Å²) in [6.07, 6.45) is 1.98. The zero-order valence-electron chi connectivity index (χ0n) is 15.8. The smallest absolute Gasteiger partial charge is 0.224 e. The van der Waals surface area contributed by atoms with Crippen LogP contribution in [0.25, 0.3) is 0 Å². The number of thioether (sulfide) groups is 1. The Morgan fingerprint density at radius 3 is 2.48 bits per heavy atom. The summed E-state index contributed by atoms with van der Waals surface area (Å²) in [5.74, 6) is 0.247. The van der Waals surface area contributed by atoms with Crippen LogP contribution in [0.2, 0.25) is 0 Å². The van der Waals surface area contributed by atoms with Crippen LogP contribution in [0.5, 0.6) is 0 Å². The fraction of sp³-hybridized carbons (Fsp3) is 0.500. The number of carbonyl (C=O) groups is 2. The van der Waals surface area contributed by atoms with Crippen LogP contribution in [-0.2, 0) is 15.3 Å². The highest BCUT2D eigenvalue weighted by molar-refractivity contribution is 7.98. The average molecular weight is 395 g/mol. The normalized spacial score (nSPS) is 14.0. The van der Waals surface area contributed by atoms with Gasteiger partial charge in [0, 0.05) is 24.0 Å². The summed E-state index contributed by atoms with van der Waals surface area (Å²) in [7, 11) is 0. The Labute approximate surface area is 165 Å². The van der Waals surface area contributed by atoms with Gasteiger partial charge < -0.3 is 20.8 Å². The molecule has 4 N–H and O–H groups in total. The summed E-state index contributed by atoms with van der Waals surface area (Å²) in [6, 6.07) is 9.25. The minimum absolute atomic E-state index is 0.0114. The molecule has 2 amide bonds. The molecule has 150 valence electrons. The van der Waals surface area contributed by atoms with Gasteiger partial charge in [0.15, 0.2) is 0 Å². The van der Waals surface area contributed by atoms with Crippen molar-refractivity contribution >= 4 is 23.6 Å². The van der Waals surface area contributed by atoms with E-state index >= 15 is 0 Å². The molecule has 1 rings (SSSR count). The molecule has 3 atom stereocenters. The van der Waals surface area contributed by atoms with Crippen molar-refractivity contribution in [1.82, 2.24) is 10.6 Å². The van der Waals surface area contributed by atoms with Crippen molar-refractivity contribution in [2.45, 2.75) is 37.6 Å². The summed E-state index contributed by atoms with van der Waals surface area (Å²) >= 11 is 1.63. The number of carbonyl (C=O) groups excluding carboxylic acids is 2. The summed E-state index contributed by atoms with van der Waals surface area (Å²) in [6.45, 7) is 5.01. The first-order valence-corrected chi connectivity index (χ1v) is 10.2. The third-order valence-corrected chi connectivity index (χ3v) is 5.11. The van der Waals surface area contributed by atoms with Gasteiger partial charge in [-0.1, -0.05) is 36.4 Å². The van der Waals surface area contributed by atoms with E-state index in [0.29, 0.717) is 12.2 Å². The minimum Gasteiger partial charge on any atom is -0.394 e. The van der Waals surface area contributed by atoms with Crippen molar-refractivity contribution in [3.63, 3.8) is 0 Å². The Hall–Kier alpha value is -1.83. The molecule has 0 saturated heterocycles. The lowest BCUT2D eigenvalue weighted by atomic mass is 9.99. The molecule has 6 nitrogen and oxygen atoms in total. The molecule has 7 heteroatoms. The molecule has 0 aliphatic rings. The Morgan fingerprint density at radius 2 is 1.89 bits per heavy atom. The number of aliphatic hydroxyl groups excluding tert-OH is 2. The average Bonchev–Trinajstić information content (AvgIpc) is 2.67. The summed E-state index contributed by atoms with van der Waals surface area (Å²) < 4.78 is 0. The monoisotopic (exact) mass is 394 g/mol. The molecule has 0 unspecified atom stereocenters. The van der Waals surface area contributed by atoms with Crippen LogP contribution in [-0.4, -0.2) is 53.1 Å². The van der Waals surface area contributed by atoms with Crippen LogP contribution >= 0.6 is 11.8 Å². The molecule has 0 aliphatic heterocycles. The van der Waals surface area contributed by atoms with E-state index in [1.807, 2.05) is 30.3 Å². The highest BCUT2D eigenvalue weighted by Crippen LogP contribution is 2.14. The number of allylic oxidation sites excluding steroid dienone is 1. The highest BCUT2D eigenvalue weighted by Gasteiger charge is 2.23. The zero-order chi connectivity index (χ0) is 20.1. The molecule has 0 aromatic heterocycles. The van der Waals surface area contributed by atoms with E-state index in [1.54, 1.807) is 24.8 Å². The van der Waals surface area contributed by atoms with E-state index in [4.69, 9.17) is 5.11 Å². The molecule has 0 aliphatic carbocycles. The van der Waals surface area contributed by atoms with E-state index in [0.717, 1.165) is 5.75 Å². The molecule has 0 saturated carbocycles. The lowest BCUT2D eigenvalue weighted by molar-refractivity contribution is -0.131. The molecular weight excluding hydrogens is 364 g/mol. The number of hydrogen-bond acceptors (Lipinski definition) is 5. The highest BCUT2D eigenvalue weighted by atomic mass is 32.2. The standard InChI is InChI=1S/C20H30N2O4S/c1-3-7-17(10-19(25)21-15(2)11-23)20(26)22-18(12-24)14-27-13-16-8-5-4-6-9-16/h3-6,8-9,15,17-18,23-24H,1,7,10-14H2,2H3,(H,21,25)(H,22,26)/t15-,17-,18-/m1/s1. The van der Waals surface area contributed by atoms with Crippen LogP contribution in [0.15, 0.2) is 43.0 Å². The molecule has 0 heterocycles. The van der Waals surface area contributed by atoms with Gasteiger partial charge in [0.25, 0.3) is 0 Å². The molecule has 1 aromatic carbocycles. The van der Waals surface area contributed by atoms with E-state index in [-0.39, 0.29) is 43.5 Å². The van der Waals surface area contributed by atoms with Crippen molar-refractivity contribution in [2.24, 2.45) is 5.92 Å². The second-order valence-electron chi connectivity index (χ2n) is 6.47. The van der Waals surface area contributed by atoms with Gasteiger partial charge in [0.1, 0.15) is 0 Å². The third-order valence-electron chi connectivity index (χ3n) is 3.93. The second-order valence-corrected chi connectivity index (χ2v) is 7.50. The van der Waals surface area contributed by atoms with Gasteiger partial charge in [-0.2, -0.15) is 11.8 Å². The van der Waals surface area contributed by atoms with Crippen LogP contribution in [0.4, 0.5) is 0 Å². The van der Waals surface area contributed by atoms with Gasteiger partial charge in [-0.05, 0) is 18.9 Å². The molecule has 1 aromatic rings. The SMILES string of the molecule is C=CC[C@H](CC(=O)N[C@H](C)CO)C(=O)N[C@H](CO)CSCc1ccccc1. The molecule has 0 spiro atoms. The number of hydrogen-bond donors (Lipinski definition) is 4. The minimum atomic E-state index is -0.554. The van der Waals surface area contributed by atoms with Gasteiger partial charge in [0.2, 0.25) is 11.8 Å². The summed E-state index contributed by atoms with van der Waals surface area (Å²) in [5.41, 5.74) is 1.18. The molecule has 0 radical (unpaired) electrons. The summed E-state index contributed by atoms with van der Waals surface area (Å²) in [5, 5.41) is 24.0.